The Balaban J connectivity index is 2.48. The third kappa shape index (κ3) is 1.67. The van der Waals surface area contributed by atoms with Gasteiger partial charge < -0.3 is 5.11 Å². The van der Waals surface area contributed by atoms with E-state index < -0.39 is 5.60 Å². The average Bonchev–Trinajstić information content (AvgIpc) is 2.23. The molecule has 16 heavy (non-hydrogen) atoms. The highest BCUT2D eigenvalue weighted by Gasteiger charge is 2.37. The highest BCUT2D eigenvalue weighted by Crippen LogP contribution is 2.33. The van der Waals surface area contributed by atoms with E-state index in [0.29, 0.717) is 12.8 Å². The van der Waals surface area contributed by atoms with Crippen molar-refractivity contribution in [2.45, 2.75) is 45.6 Å². The van der Waals surface area contributed by atoms with Crippen LogP contribution < -0.4 is 0 Å². The third-order valence-electron chi connectivity index (χ3n) is 3.81. The predicted molar refractivity (Wildman–Crippen MR) is 63.6 cm³/mol. The van der Waals surface area contributed by atoms with E-state index in [4.69, 9.17) is 0 Å². The van der Waals surface area contributed by atoms with Gasteiger partial charge in [-0.15, -0.1) is 0 Å². The maximum absolute atomic E-state index is 11.5. The summed E-state index contributed by atoms with van der Waals surface area (Å²) in [6, 6.07) is 4.19. The Morgan fingerprint density at radius 2 is 1.81 bits per heavy atom. The first-order chi connectivity index (χ1) is 7.44. The van der Waals surface area contributed by atoms with Crippen molar-refractivity contribution >= 4 is 5.78 Å². The van der Waals surface area contributed by atoms with Crippen LogP contribution in [0.5, 0.6) is 0 Å². The van der Waals surface area contributed by atoms with Crippen molar-refractivity contribution in [1.29, 1.82) is 0 Å². The van der Waals surface area contributed by atoms with Crippen LogP contribution in [0, 0.1) is 13.8 Å². The lowest BCUT2D eigenvalue weighted by molar-refractivity contribution is -0.136. The van der Waals surface area contributed by atoms with Crippen LogP contribution in [-0.2, 0) is 17.6 Å². The number of carbonyl (C=O) groups is 1. The smallest absolute Gasteiger partial charge is 0.161 e. The van der Waals surface area contributed by atoms with Gasteiger partial charge in [0, 0.05) is 6.42 Å². The largest absolute Gasteiger partial charge is 0.382 e. The first kappa shape index (κ1) is 11.3. The number of fused-ring (bicyclic) bond motifs is 1. The van der Waals surface area contributed by atoms with Crippen LogP contribution in [0.2, 0.25) is 0 Å². The summed E-state index contributed by atoms with van der Waals surface area (Å²) < 4.78 is 0. The highest BCUT2D eigenvalue weighted by atomic mass is 16.3. The van der Waals surface area contributed by atoms with Gasteiger partial charge in [-0.1, -0.05) is 12.1 Å². The van der Waals surface area contributed by atoms with Crippen molar-refractivity contribution in [2.75, 3.05) is 0 Å². The van der Waals surface area contributed by atoms with Crippen molar-refractivity contribution in [2.24, 2.45) is 0 Å². The van der Waals surface area contributed by atoms with Crippen LogP contribution in [0.3, 0.4) is 0 Å². The molecule has 0 saturated carbocycles. The molecule has 1 aromatic rings. The fourth-order valence-electron chi connectivity index (χ4n) is 2.53. The minimum atomic E-state index is -1.13. The van der Waals surface area contributed by atoms with Gasteiger partial charge in [-0.2, -0.15) is 0 Å². The molecule has 0 heterocycles. The minimum Gasteiger partial charge on any atom is -0.382 e. The van der Waals surface area contributed by atoms with Gasteiger partial charge in [0.1, 0.15) is 5.60 Å². The zero-order chi connectivity index (χ0) is 11.9. The Kier molecular flexibility index (Phi) is 2.62. The van der Waals surface area contributed by atoms with E-state index in [0.717, 1.165) is 6.42 Å². The van der Waals surface area contributed by atoms with Crippen molar-refractivity contribution in [3.63, 3.8) is 0 Å². The molecule has 2 heteroatoms. The summed E-state index contributed by atoms with van der Waals surface area (Å²) in [5.74, 6) is -0.112. The van der Waals surface area contributed by atoms with E-state index in [1.807, 2.05) is 6.92 Å². The molecule has 0 radical (unpaired) electrons. The molecular weight excluding hydrogens is 200 g/mol. The number of aliphatic hydroxyl groups is 1. The molecule has 0 saturated heterocycles. The molecule has 1 atom stereocenters. The Morgan fingerprint density at radius 3 is 2.38 bits per heavy atom. The van der Waals surface area contributed by atoms with Gasteiger partial charge in [0.15, 0.2) is 5.78 Å². The fourth-order valence-corrected chi connectivity index (χ4v) is 2.53. The van der Waals surface area contributed by atoms with Gasteiger partial charge in [-0.3, -0.25) is 4.79 Å². The maximum Gasteiger partial charge on any atom is 0.161 e. The number of aryl methyl sites for hydroxylation is 2. The Hall–Kier alpha value is -1.15. The first-order valence-corrected chi connectivity index (χ1v) is 5.75. The normalized spacial score (nSPS) is 24.0. The van der Waals surface area contributed by atoms with Crippen molar-refractivity contribution in [1.82, 2.24) is 0 Å². The lowest BCUT2D eigenvalue weighted by atomic mass is 9.75. The molecule has 0 spiro atoms. The summed E-state index contributed by atoms with van der Waals surface area (Å²) >= 11 is 0. The summed E-state index contributed by atoms with van der Waals surface area (Å²) in [4.78, 5) is 11.5. The number of carbonyl (C=O) groups excluding carboxylic acids is 1. The van der Waals surface area contributed by atoms with Crippen molar-refractivity contribution < 1.29 is 9.90 Å². The topological polar surface area (TPSA) is 37.3 Å². The quantitative estimate of drug-likeness (QED) is 0.784. The van der Waals surface area contributed by atoms with Gasteiger partial charge in [0.25, 0.3) is 0 Å². The molecule has 0 aromatic heterocycles. The van der Waals surface area contributed by atoms with Crippen LogP contribution in [-0.4, -0.2) is 16.5 Å². The number of hydrogen-bond donors (Lipinski definition) is 1. The zero-order valence-electron chi connectivity index (χ0n) is 10.1. The Labute approximate surface area is 96.3 Å². The summed E-state index contributed by atoms with van der Waals surface area (Å²) in [7, 11) is 0. The molecule has 0 aliphatic heterocycles. The second kappa shape index (κ2) is 3.70. The molecule has 1 unspecified atom stereocenters. The molecule has 0 bridgehead atoms. The first-order valence-electron chi connectivity index (χ1n) is 5.75. The Bertz CT molecular complexity index is 448. The number of Topliss-reactive ketones (excluding diaryl/α,β-unsaturated/α-hetero) is 1. The molecule has 1 aromatic carbocycles. The Morgan fingerprint density at radius 1 is 1.25 bits per heavy atom. The molecular formula is C14H18O2. The fraction of sp³-hybridized carbons (Fsp3) is 0.500. The molecule has 1 aliphatic rings. The molecule has 2 rings (SSSR count). The number of ketones is 1. The van der Waals surface area contributed by atoms with Crippen molar-refractivity contribution in [3.05, 3.63) is 34.4 Å². The van der Waals surface area contributed by atoms with E-state index in [9.17, 15) is 9.90 Å². The monoisotopic (exact) mass is 218 g/mol. The maximum atomic E-state index is 11.5. The van der Waals surface area contributed by atoms with Gasteiger partial charge in [-0.05, 0) is 55.9 Å². The molecule has 1 N–H and O–H groups in total. The predicted octanol–water partition coefficient (Wildman–Crippen LogP) is 2.11. The van der Waals surface area contributed by atoms with E-state index in [1.165, 1.54) is 29.2 Å². The molecule has 1 aliphatic carbocycles. The van der Waals surface area contributed by atoms with Gasteiger partial charge in [0.05, 0.1) is 0 Å². The second-order valence-electron chi connectivity index (χ2n) is 4.92. The number of rotatable bonds is 1. The number of benzene rings is 1. The van der Waals surface area contributed by atoms with Crippen molar-refractivity contribution in [3.8, 4) is 0 Å². The van der Waals surface area contributed by atoms with Crippen LogP contribution >= 0.6 is 0 Å². The lowest BCUT2D eigenvalue weighted by Crippen LogP contribution is -2.42. The molecule has 2 nitrogen and oxygen atoms in total. The third-order valence-corrected chi connectivity index (χ3v) is 3.81. The lowest BCUT2D eigenvalue weighted by Gasteiger charge is -2.33. The number of hydrogen-bond acceptors (Lipinski definition) is 2. The van der Waals surface area contributed by atoms with E-state index in [1.54, 1.807) is 0 Å². The molecule has 0 amide bonds. The van der Waals surface area contributed by atoms with Gasteiger partial charge >= 0.3 is 0 Å². The molecule has 86 valence electrons. The second-order valence-corrected chi connectivity index (χ2v) is 4.92. The molecule has 0 fully saturated rings. The summed E-state index contributed by atoms with van der Waals surface area (Å²) in [5, 5.41) is 10.3. The van der Waals surface area contributed by atoms with E-state index in [2.05, 4.69) is 19.1 Å². The zero-order valence-corrected chi connectivity index (χ0v) is 10.1. The van der Waals surface area contributed by atoms with Gasteiger partial charge in [-0.25, -0.2) is 0 Å². The summed E-state index contributed by atoms with van der Waals surface area (Å²) in [6.45, 7) is 5.62. The van der Waals surface area contributed by atoms with Crippen LogP contribution in [0.15, 0.2) is 12.1 Å². The highest BCUT2D eigenvalue weighted by molar-refractivity contribution is 5.85. The van der Waals surface area contributed by atoms with Crippen LogP contribution in [0.25, 0.3) is 0 Å². The van der Waals surface area contributed by atoms with E-state index in [-0.39, 0.29) is 5.78 Å². The summed E-state index contributed by atoms with van der Waals surface area (Å²) in [6.07, 6.45) is 1.84. The van der Waals surface area contributed by atoms with E-state index >= 15 is 0 Å². The summed E-state index contributed by atoms with van der Waals surface area (Å²) in [5.41, 5.74) is 3.81. The van der Waals surface area contributed by atoms with Crippen LogP contribution in [0.4, 0.5) is 0 Å². The van der Waals surface area contributed by atoms with Gasteiger partial charge in [0.2, 0.25) is 0 Å². The standard InChI is InChI=1S/C14H18O2/c1-9-4-5-10(2)13-8-14(16,11(3)15)7-6-12(9)13/h4-5,16H,6-8H2,1-3H3. The average molecular weight is 218 g/mol. The van der Waals surface area contributed by atoms with Crippen LogP contribution in [0.1, 0.15) is 35.6 Å². The minimum absolute atomic E-state index is 0.112. The SMILES string of the molecule is CC(=O)C1(O)CCc2c(C)ccc(C)c2C1.